The minimum atomic E-state index is -0.685. The molecule has 0 spiro atoms. The molecule has 0 aliphatic heterocycles. The number of imide groups is 1. The Bertz CT molecular complexity index is 665. The highest BCUT2D eigenvalue weighted by Gasteiger charge is 2.11. The van der Waals surface area contributed by atoms with E-state index in [0.29, 0.717) is 22.3 Å². The fourth-order valence-corrected chi connectivity index (χ4v) is 2.33. The number of carbonyl (C=O) groups is 2. The van der Waals surface area contributed by atoms with Crippen LogP contribution in [0.5, 0.6) is 0 Å². The molecule has 2 aromatic heterocycles. The van der Waals surface area contributed by atoms with Gasteiger partial charge in [-0.15, -0.1) is 11.3 Å². The van der Waals surface area contributed by atoms with Crippen LogP contribution in [0.1, 0.15) is 12.7 Å². The van der Waals surface area contributed by atoms with Crippen molar-refractivity contribution in [2.45, 2.75) is 19.8 Å². The van der Waals surface area contributed by atoms with Crippen LogP contribution >= 0.6 is 11.3 Å². The summed E-state index contributed by atoms with van der Waals surface area (Å²) in [6.07, 6.45) is -0.685. The Balaban J connectivity index is 1.95. The van der Waals surface area contributed by atoms with Crippen LogP contribution in [0, 0.1) is 0 Å². The number of thiazole rings is 1. The maximum atomic E-state index is 11.3. The first-order valence-corrected chi connectivity index (χ1v) is 7.19. The van der Waals surface area contributed by atoms with Crippen molar-refractivity contribution in [1.29, 1.82) is 0 Å². The second-order valence-electron chi connectivity index (χ2n) is 4.34. The van der Waals surface area contributed by atoms with Crippen LogP contribution in [0.15, 0.2) is 21.9 Å². The molecule has 118 valence electrons. The van der Waals surface area contributed by atoms with E-state index < -0.39 is 18.2 Å². The van der Waals surface area contributed by atoms with Crippen LogP contribution in [0.25, 0.3) is 11.5 Å². The zero-order chi connectivity index (χ0) is 16.1. The zero-order valence-corrected chi connectivity index (χ0v) is 12.6. The predicted octanol–water partition coefficient (Wildman–Crippen LogP) is 0.362. The number of hydrogen-bond donors (Lipinski definition) is 5. The quantitative estimate of drug-likeness (QED) is 0.499. The lowest BCUT2D eigenvalue weighted by atomic mass is 10.3. The molecule has 7 N–H and O–H groups in total. The van der Waals surface area contributed by atoms with Crippen molar-refractivity contribution in [1.82, 2.24) is 15.6 Å². The van der Waals surface area contributed by atoms with Crippen LogP contribution in [-0.2, 0) is 11.3 Å². The number of urea groups is 1. The van der Waals surface area contributed by atoms with E-state index in [4.69, 9.17) is 15.9 Å². The molecule has 0 fully saturated rings. The van der Waals surface area contributed by atoms with Gasteiger partial charge in [-0.1, -0.05) is 0 Å². The van der Waals surface area contributed by atoms with Gasteiger partial charge in [-0.05, 0) is 12.1 Å². The lowest BCUT2D eigenvalue weighted by Gasteiger charge is -2.04. The Morgan fingerprint density at radius 1 is 1.41 bits per heavy atom. The summed E-state index contributed by atoms with van der Waals surface area (Å²) < 4.78 is 5.57. The molecule has 0 saturated carbocycles. The molecular formula is C12H16N6O3S. The van der Waals surface area contributed by atoms with E-state index >= 15 is 0 Å². The van der Waals surface area contributed by atoms with Gasteiger partial charge >= 0.3 is 6.03 Å². The number of nitrogens with zero attached hydrogens (tertiary/aromatic N) is 1. The molecule has 0 aliphatic carbocycles. The largest absolute Gasteiger partial charge is 0.458 e. The molecule has 0 bridgehead atoms. The van der Waals surface area contributed by atoms with Gasteiger partial charge in [-0.25, -0.2) is 9.78 Å². The summed E-state index contributed by atoms with van der Waals surface area (Å²) in [5.41, 5.74) is 11.5. The molecule has 22 heavy (non-hydrogen) atoms. The lowest BCUT2D eigenvalue weighted by Crippen LogP contribution is -2.38. The maximum absolute atomic E-state index is 11.3. The number of nitrogens with two attached hydrogens (primary N) is 2. The minimum absolute atomic E-state index is 0.155. The van der Waals surface area contributed by atoms with Crippen molar-refractivity contribution in [3.8, 4) is 11.5 Å². The van der Waals surface area contributed by atoms with Crippen LogP contribution in [0.2, 0.25) is 0 Å². The van der Waals surface area contributed by atoms with Crippen molar-refractivity contribution >= 4 is 28.4 Å². The molecule has 0 aliphatic rings. The second kappa shape index (κ2) is 7.02. The average Bonchev–Trinajstić information content (AvgIpc) is 3.03. The zero-order valence-electron chi connectivity index (χ0n) is 11.8. The molecule has 9 nitrogen and oxygen atoms in total. The van der Waals surface area contributed by atoms with E-state index in [2.05, 4.69) is 20.9 Å². The van der Waals surface area contributed by atoms with Gasteiger partial charge in [0.05, 0.1) is 6.54 Å². The van der Waals surface area contributed by atoms with Crippen molar-refractivity contribution in [3.05, 3.63) is 23.3 Å². The smallest absolute Gasteiger partial charge is 0.321 e. The molecular weight excluding hydrogens is 308 g/mol. The first-order valence-electron chi connectivity index (χ1n) is 6.32. The highest BCUT2D eigenvalue weighted by atomic mass is 32.1. The van der Waals surface area contributed by atoms with Crippen molar-refractivity contribution in [2.24, 2.45) is 11.5 Å². The lowest BCUT2D eigenvalue weighted by molar-refractivity contribution is -0.117. The summed E-state index contributed by atoms with van der Waals surface area (Å²) in [6, 6.07) is 2.87. The van der Waals surface area contributed by atoms with Crippen molar-refractivity contribution < 1.29 is 14.0 Å². The molecule has 2 heterocycles. The van der Waals surface area contributed by atoms with Gasteiger partial charge < -0.3 is 15.1 Å². The number of nitrogens with one attached hydrogen (secondary N) is 3. The van der Waals surface area contributed by atoms with Gasteiger partial charge in [0.2, 0.25) is 5.91 Å². The van der Waals surface area contributed by atoms with Gasteiger partial charge in [0.15, 0.2) is 10.9 Å². The van der Waals surface area contributed by atoms with Gasteiger partial charge in [0.1, 0.15) is 17.7 Å². The van der Waals surface area contributed by atoms with E-state index in [0.717, 1.165) is 0 Å². The number of amides is 3. The number of furan rings is 1. The number of hydrogen-bond acceptors (Lipinski definition) is 8. The highest BCUT2D eigenvalue weighted by Crippen LogP contribution is 2.26. The molecule has 2 rings (SSSR count). The third kappa shape index (κ3) is 4.55. The SMILES string of the molecule is CC(=O)NC(=O)NCc1ccc(-c2csc(NC(N)N)n2)o1. The summed E-state index contributed by atoms with van der Waals surface area (Å²) >= 11 is 1.35. The fraction of sp³-hybridized carbons (Fsp3) is 0.250. The fourth-order valence-electron chi connectivity index (χ4n) is 1.58. The number of carbonyl (C=O) groups excluding carboxylic acids is 2. The van der Waals surface area contributed by atoms with Gasteiger partial charge in [0.25, 0.3) is 0 Å². The first kappa shape index (κ1) is 15.9. The molecule has 0 unspecified atom stereocenters. The summed E-state index contributed by atoms with van der Waals surface area (Å²) in [5.74, 6) is 0.656. The van der Waals surface area contributed by atoms with Gasteiger partial charge in [-0.2, -0.15) is 0 Å². The molecule has 10 heteroatoms. The minimum Gasteiger partial charge on any atom is -0.458 e. The Morgan fingerprint density at radius 2 is 2.18 bits per heavy atom. The normalized spacial score (nSPS) is 10.5. The number of aromatic nitrogens is 1. The Labute approximate surface area is 130 Å². The van der Waals surface area contributed by atoms with E-state index in [-0.39, 0.29) is 6.54 Å². The number of rotatable bonds is 5. The van der Waals surface area contributed by atoms with Gasteiger partial charge in [0, 0.05) is 12.3 Å². The van der Waals surface area contributed by atoms with Crippen LogP contribution in [0.4, 0.5) is 9.93 Å². The van der Waals surface area contributed by atoms with E-state index in [9.17, 15) is 9.59 Å². The maximum Gasteiger partial charge on any atom is 0.321 e. The topological polar surface area (TPSA) is 148 Å². The average molecular weight is 324 g/mol. The van der Waals surface area contributed by atoms with Crippen molar-refractivity contribution in [3.63, 3.8) is 0 Å². The van der Waals surface area contributed by atoms with Crippen LogP contribution in [-0.4, -0.2) is 23.2 Å². The molecule has 0 aromatic carbocycles. The Morgan fingerprint density at radius 3 is 2.86 bits per heavy atom. The predicted molar refractivity (Wildman–Crippen MR) is 81.7 cm³/mol. The third-order valence-electron chi connectivity index (χ3n) is 2.42. The summed E-state index contributed by atoms with van der Waals surface area (Å²) in [7, 11) is 0. The molecule has 3 amide bonds. The van der Waals surface area contributed by atoms with Crippen molar-refractivity contribution in [2.75, 3.05) is 5.32 Å². The second-order valence-corrected chi connectivity index (χ2v) is 5.20. The van der Waals surface area contributed by atoms with Gasteiger partial charge in [-0.3, -0.25) is 21.6 Å². The Kier molecular flexibility index (Phi) is 5.09. The first-order chi connectivity index (χ1) is 10.4. The molecule has 0 radical (unpaired) electrons. The van der Waals surface area contributed by atoms with E-state index in [1.54, 1.807) is 17.5 Å². The molecule has 2 aromatic rings. The van der Waals surface area contributed by atoms with E-state index in [1.165, 1.54) is 18.3 Å². The number of anilines is 1. The van der Waals surface area contributed by atoms with Crippen LogP contribution in [0.3, 0.4) is 0 Å². The standard InChI is InChI=1S/C12H16N6O3S/c1-6(19)16-11(20)15-4-7-2-3-9(21-7)8-5-22-12(17-8)18-10(13)14/h2-3,5,10H,4,13-14H2,1H3,(H,17,18)(H2,15,16,19,20). The Hall–Kier alpha value is -2.43. The highest BCUT2D eigenvalue weighted by molar-refractivity contribution is 7.14. The summed E-state index contributed by atoms with van der Waals surface area (Å²) in [6.45, 7) is 1.41. The summed E-state index contributed by atoms with van der Waals surface area (Å²) in [4.78, 5) is 26.3. The monoisotopic (exact) mass is 324 g/mol. The molecule has 0 atom stereocenters. The summed E-state index contributed by atoms with van der Waals surface area (Å²) in [5, 5.41) is 9.76. The molecule has 0 saturated heterocycles. The van der Waals surface area contributed by atoms with E-state index in [1.807, 2.05) is 0 Å². The van der Waals surface area contributed by atoms with Crippen LogP contribution < -0.4 is 27.4 Å². The third-order valence-corrected chi connectivity index (χ3v) is 3.19.